The molecule has 0 spiro atoms. The van der Waals surface area contributed by atoms with Crippen molar-refractivity contribution in [2.24, 2.45) is 0 Å². The lowest BCUT2D eigenvalue weighted by molar-refractivity contribution is 0.117. The number of ether oxygens (including phenoxy) is 1. The predicted octanol–water partition coefficient (Wildman–Crippen LogP) is 3.02. The SMILES string of the molecule is ONC1CCCc2nc(OCc3ccccc3)ccc21. The molecular weight excluding hydrogens is 252 g/mol. The van der Waals surface area contributed by atoms with E-state index in [0.717, 1.165) is 36.1 Å². The Labute approximate surface area is 118 Å². The second-order valence-electron chi connectivity index (χ2n) is 5.03. The highest BCUT2D eigenvalue weighted by Crippen LogP contribution is 2.29. The van der Waals surface area contributed by atoms with Crippen molar-refractivity contribution >= 4 is 0 Å². The normalized spacial score (nSPS) is 17.6. The number of hydroxylamine groups is 1. The van der Waals surface area contributed by atoms with Crippen LogP contribution < -0.4 is 10.2 Å². The molecule has 1 aliphatic rings. The van der Waals surface area contributed by atoms with Gasteiger partial charge in [0.25, 0.3) is 0 Å². The van der Waals surface area contributed by atoms with E-state index >= 15 is 0 Å². The lowest BCUT2D eigenvalue weighted by Gasteiger charge is -2.23. The van der Waals surface area contributed by atoms with Crippen LogP contribution in [0.15, 0.2) is 42.5 Å². The summed E-state index contributed by atoms with van der Waals surface area (Å²) >= 11 is 0. The minimum atomic E-state index is -0.00516. The highest BCUT2D eigenvalue weighted by Gasteiger charge is 2.21. The number of fused-ring (bicyclic) bond motifs is 1. The van der Waals surface area contributed by atoms with Crippen molar-refractivity contribution in [3.05, 3.63) is 59.3 Å². The number of aryl methyl sites for hydroxylation is 1. The Kier molecular flexibility index (Phi) is 3.95. The van der Waals surface area contributed by atoms with Gasteiger partial charge in [0.1, 0.15) is 6.61 Å². The minimum Gasteiger partial charge on any atom is -0.473 e. The number of benzene rings is 1. The van der Waals surface area contributed by atoms with Crippen molar-refractivity contribution in [3.8, 4) is 5.88 Å². The third-order valence-electron chi connectivity index (χ3n) is 3.65. The van der Waals surface area contributed by atoms with Gasteiger partial charge in [0.15, 0.2) is 0 Å². The fraction of sp³-hybridized carbons (Fsp3) is 0.312. The average molecular weight is 270 g/mol. The first kappa shape index (κ1) is 13.1. The quantitative estimate of drug-likeness (QED) is 0.839. The fourth-order valence-electron chi connectivity index (χ4n) is 2.58. The van der Waals surface area contributed by atoms with Gasteiger partial charge in [-0.3, -0.25) is 0 Å². The Balaban J connectivity index is 1.72. The molecule has 3 rings (SSSR count). The molecule has 4 heteroatoms. The Morgan fingerprint density at radius 3 is 2.85 bits per heavy atom. The number of hydrogen-bond donors (Lipinski definition) is 2. The molecule has 20 heavy (non-hydrogen) atoms. The molecule has 2 N–H and O–H groups in total. The number of hydrogen-bond acceptors (Lipinski definition) is 4. The molecule has 1 aliphatic carbocycles. The standard InChI is InChI=1S/C16H18N2O2/c19-18-15-8-4-7-14-13(15)9-10-16(17-14)20-11-12-5-2-1-3-6-12/h1-3,5-6,9-10,15,18-19H,4,7-8,11H2. The van der Waals surface area contributed by atoms with Crippen LogP contribution in [-0.2, 0) is 13.0 Å². The Morgan fingerprint density at radius 2 is 2.05 bits per heavy atom. The molecule has 2 aromatic rings. The van der Waals surface area contributed by atoms with Gasteiger partial charge in [0, 0.05) is 11.8 Å². The molecule has 0 aliphatic heterocycles. The summed E-state index contributed by atoms with van der Waals surface area (Å²) in [6.07, 6.45) is 2.91. The monoisotopic (exact) mass is 270 g/mol. The number of pyridine rings is 1. The molecule has 0 fully saturated rings. The topological polar surface area (TPSA) is 54.4 Å². The smallest absolute Gasteiger partial charge is 0.213 e. The summed E-state index contributed by atoms with van der Waals surface area (Å²) in [6, 6.07) is 13.9. The summed E-state index contributed by atoms with van der Waals surface area (Å²) < 4.78 is 5.73. The molecule has 1 unspecified atom stereocenters. The van der Waals surface area contributed by atoms with E-state index in [9.17, 15) is 0 Å². The number of rotatable bonds is 4. The molecule has 4 nitrogen and oxygen atoms in total. The van der Waals surface area contributed by atoms with E-state index in [-0.39, 0.29) is 6.04 Å². The van der Waals surface area contributed by atoms with Crippen molar-refractivity contribution in [3.63, 3.8) is 0 Å². The zero-order valence-electron chi connectivity index (χ0n) is 11.2. The maximum absolute atomic E-state index is 9.15. The first-order chi connectivity index (χ1) is 9.86. The first-order valence-electron chi connectivity index (χ1n) is 6.93. The van der Waals surface area contributed by atoms with Gasteiger partial charge in [0.2, 0.25) is 5.88 Å². The van der Waals surface area contributed by atoms with Crippen molar-refractivity contribution in [1.29, 1.82) is 0 Å². The molecular formula is C16H18N2O2. The fourth-order valence-corrected chi connectivity index (χ4v) is 2.58. The third kappa shape index (κ3) is 2.81. The van der Waals surface area contributed by atoms with Gasteiger partial charge < -0.3 is 9.94 Å². The first-order valence-corrected chi connectivity index (χ1v) is 6.93. The minimum absolute atomic E-state index is 0.00516. The van der Waals surface area contributed by atoms with Crippen LogP contribution in [0.2, 0.25) is 0 Å². The maximum atomic E-state index is 9.15. The van der Waals surface area contributed by atoms with Gasteiger partial charge in [-0.2, -0.15) is 5.48 Å². The van der Waals surface area contributed by atoms with Crippen LogP contribution in [-0.4, -0.2) is 10.2 Å². The maximum Gasteiger partial charge on any atom is 0.213 e. The second kappa shape index (κ2) is 6.03. The van der Waals surface area contributed by atoms with Crippen molar-refractivity contribution in [2.45, 2.75) is 31.9 Å². The molecule has 1 heterocycles. The molecule has 1 aromatic heterocycles. The van der Waals surface area contributed by atoms with Gasteiger partial charge in [-0.1, -0.05) is 36.4 Å². The van der Waals surface area contributed by atoms with E-state index in [1.807, 2.05) is 42.5 Å². The van der Waals surface area contributed by atoms with Gasteiger partial charge in [-0.15, -0.1) is 0 Å². The number of nitrogens with one attached hydrogen (secondary N) is 1. The van der Waals surface area contributed by atoms with Crippen LogP contribution in [0.25, 0.3) is 0 Å². The largest absolute Gasteiger partial charge is 0.473 e. The van der Waals surface area contributed by atoms with Crippen molar-refractivity contribution in [1.82, 2.24) is 10.5 Å². The van der Waals surface area contributed by atoms with E-state index < -0.39 is 0 Å². The Hall–Kier alpha value is -1.91. The van der Waals surface area contributed by atoms with Crippen LogP contribution in [0.5, 0.6) is 5.88 Å². The number of aromatic nitrogens is 1. The van der Waals surface area contributed by atoms with E-state index in [0.29, 0.717) is 12.5 Å². The van der Waals surface area contributed by atoms with Gasteiger partial charge in [-0.25, -0.2) is 4.98 Å². The van der Waals surface area contributed by atoms with Crippen molar-refractivity contribution in [2.75, 3.05) is 0 Å². The lowest BCUT2D eigenvalue weighted by Crippen LogP contribution is -2.22. The molecule has 0 saturated carbocycles. The zero-order chi connectivity index (χ0) is 13.8. The molecule has 0 saturated heterocycles. The highest BCUT2D eigenvalue weighted by molar-refractivity contribution is 5.30. The summed E-state index contributed by atoms with van der Waals surface area (Å²) in [5.74, 6) is 0.645. The van der Waals surface area contributed by atoms with E-state index in [1.165, 1.54) is 0 Å². The van der Waals surface area contributed by atoms with Gasteiger partial charge in [-0.05, 0) is 30.4 Å². The number of nitrogens with zero attached hydrogens (tertiary/aromatic N) is 1. The van der Waals surface area contributed by atoms with Crippen LogP contribution in [0.3, 0.4) is 0 Å². The predicted molar refractivity (Wildman–Crippen MR) is 75.6 cm³/mol. The zero-order valence-corrected chi connectivity index (χ0v) is 11.2. The van der Waals surface area contributed by atoms with Gasteiger partial charge >= 0.3 is 0 Å². The lowest BCUT2D eigenvalue weighted by atomic mass is 9.92. The molecule has 0 amide bonds. The van der Waals surface area contributed by atoms with E-state index in [2.05, 4.69) is 10.5 Å². The molecule has 0 bridgehead atoms. The molecule has 104 valence electrons. The second-order valence-corrected chi connectivity index (χ2v) is 5.03. The highest BCUT2D eigenvalue weighted by atomic mass is 16.5. The average Bonchev–Trinajstić information content (AvgIpc) is 2.53. The van der Waals surface area contributed by atoms with Crippen molar-refractivity contribution < 1.29 is 9.94 Å². The summed E-state index contributed by atoms with van der Waals surface area (Å²) in [5, 5.41) is 9.15. The Bertz CT molecular complexity index is 572. The molecule has 1 atom stereocenters. The molecule has 1 aromatic carbocycles. The Morgan fingerprint density at radius 1 is 1.20 bits per heavy atom. The summed E-state index contributed by atoms with van der Waals surface area (Å²) in [4.78, 5) is 4.55. The molecule has 0 radical (unpaired) electrons. The van der Waals surface area contributed by atoms with Crippen LogP contribution in [0.1, 0.15) is 35.7 Å². The third-order valence-corrected chi connectivity index (χ3v) is 3.65. The van der Waals surface area contributed by atoms with Crippen LogP contribution >= 0.6 is 0 Å². The summed E-state index contributed by atoms with van der Waals surface area (Å²) in [5.41, 5.74) is 5.58. The summed E-state index contributed by atoms with van der Waals surface area (Å²) in [6.45, 7) is 0.522. The van der Waals surface area contributed by atoms with Crippen LogP contribution in [0.4, 0.5) is 0 Å². The van der Waals surface area contributed by atoms with Crippen LogP contribution in [0, 0.1) is 0 Å². The van der Waals surface area contributed by atoms with Gasteiger partial charge in [0.05, 0.1) is 6.04 Å². The van der Waals surface area contributed by atoms with E-state index in [1.54, 1.807) is 0 Å². The van der Waals surface area contributed by atoms with E-state index in [4.69, 9.17) is 9.94 Å². The summed E-state index contributed by atoms with van der Waals surface area (Å²) in [7, 11) is 0.